The van der Waals surface area contributed by atoms with E-state index in [-0.39, 0.29) is 124 Å². The van der Waals surface area contributed by atoms with Gasteiger partial charge in [-0.15, -0.1) is 0 Å². The number of hydrogen-bond acceptors (Lipinski definition) is 13. The van der Waals surface area contributed by atoms with Crippen LogP contribution in [0.15, 0.2) is 143 Å². The zero-order valence-corrected chi connectivity index (χ0v) is 35.9. The quantitative estimate of drug-likeness (QED) is 0.115. The van der Waals surface area contributed by atoms with Crippen LogP contribution >= 0.6 is 15.9 Å². The minimum absolute atomic E-state index is 0.00933. The smallest absolute Gasteiger partial charge is 0.233 e. The Bertz CT molecular complexity index is 3780. The van der Waals surface area contributed by atoms with Crippen molar-refractivity contribution in [1.82, 2.24) is 19.9 Å². The molecule has 0 aliphatic heterocycles. The van der Waals surface area contributed by atoms with Crippen LogP contribution in [0, 0.1) is 0 Å². The Balaban J connectivity index is 1.04. The van der Waals surface area contributed by atoms with Crippen molar-refractivity contribution >= 4 is 107 Å². The molecule has 4 N–H and O–H groups in total. The predicted molar refractivity (Wildman–Crippen MR) is 252 cm³/mol. The molecule has 2 aromatic heterocycles. The fraction of sp³-hybridized carbons (Fsp3) is 0. The van der Waals surface area contributed by atoms with Gasteiger partial charge in [0, 0.05) is 65.3 Å². The van der Waals surface area contributed by atoms with Crippen molar-refractivity contribution in [3.05, 3.63) is 215 Å². The highest BCUT2D eigenvalue weighted by molar-refractivity contribution is 9.10. The van der Waals surface area contributed by atoms with Crippen LogP contribution in [0.4, 0.5) is 34.9 Å². The average molecular weight is 941 g/mol. The van der Waals surface area contributed by atoms with E-state index in [9.17, 15) is 33.6 Å². The van der Waals surface area contributed by atoms with Gasteiger partial charge in [0.05, 0.1) is 44.8 Å². The van der Waals surface area contributed by atoms with E-state index in [2.05, 4.69) is 51.8 Å². The van der Waals surface area contributed by atoms with Crippen molar-refractivity contribution in [1.29, 1.82) is 0 Å². The second-order valence-electron chi connectivity index (χ2n) is 16.0. The number of H-pyrrole nitrogens is 1. The second kappa shape index (κ2) is 14.7. The molecule has 2 heterocycles. The Morgan fingerprint density at radius 3 is 1.36 bits per heavy atom. The monoisotopic (exact) mass is 939 g/mol. The van der Waals surface area contributed by atoms with Gasteiger partial charge in [0.1, 0.15) is 0 Å². The molecular formula is C52H26BrN7O7. The summed E-state index contributed by atoms with van der Waals surface area (Å²) in [6.45, 7) is 0. The number of para-hydroxylation sites is 1. The summed E-state index contributed by atoms with van der Waals surface area (Å²) in [7, 11) is 0. The first kappa shape index (κ1) is 39.5. The second-order valence-corrected chi connectivity index (χ2v) is 16.8. The van der Waals surface area contributed by atoms with Crippen LogP contribution in [0.25, 0.3) is 21.8 Å². The maximum atomic E-state index is 14.7. The van der Waals surface area contributed by atoms with Crippen molar-refractivity contribution in [3.8, 4) is 0 Å². The Morgan fingerprint density at radius 2 is 0.806 bits per heavy atom. The number of hydrogen-bond donors (Lipinski definition) is 4. The van der Waals surface area contributed by atoms with Crippen LogP contribution in [0.1, 0.15) is 95.5 Å². The van der Waals surface area contributed by atoms with E-state index in [1.165, 1.54) is 6.07 Å². The van der Waals surface area contributed by atoms with E-state index >= 15 is 0 Å². The molecule has 12 rings (SSSR count). The molecule has 0 spiro atoms. The first-order valence-corrected chi connectivity index (χ1v) is 21.5. The lowest BCUT2D eigenvalue weighted by Gasteiger charge is -2.23. The number of nitrogens with zero attached hydrogens (tertiary/aromatic N) is 3. The van der Waals surface area contributed by atoms with Crippen LogP contribution in [-0.4, -0.2) is 54.6 Å². The summed E-state index contributed by atoms with van der Waals surface area (Å²) in [4.78, 5) is 116. The van der Waals surface area contributed by atoms with Crippen molar-refractivity contribution in [2.24, 2.45) is 0 Å². The van der Waals surface area contributed by atoms with E-state index in [0.717, 1.165) is 0 Å². The van der Waals surface area contributed by atoms with Crippen molar-refractivity contribution in [2.75, 3.05) is 16.0 Å². The van der Waals surface area contributed by atoms with E-state index in [1.807, 2.05) is 0 Å². The fourth-order valence-corrected chi connectivity index (χ4v) is 9.78. The molecular weight excluding hydrogens is 915 g/mol. The number of nitrogens with one attached hydrogen (secondary N) is 4. The number of benzene rings is 7. The SMILES string of the molecule is O=C1c2ccccc2C(=O)c2c(Nc3nc(Nc4cccc5c4C(=O)c4ccccc4C5=O)nc(Nc4cc5c(=O)c6ccccc6[nH]c5c5c4C(=O)c4c(Br)cccc4C5=O)n3)cccc21. The molecule has 67 heavy (non-hydrogen) atoms. The normalized spacial score (nSPS) is 13.4. The molecule has 7 aromatic carbocycles. The van der Waals surface area contributed by atoms with Crippen LogP contribution in [0.3, 0.4) is 0 Å². The number of anilines is 6. The molecule has 0 unspecified atom stereocenters. The third-order valence-corrected chi connectivity index (χ3v) is 12.9. The van der Waals surface area contributed by atoms with E-state index in [1.54, 1.807) is 127 Å². The number of carbonyl (C=O) groups is 6. The molecule has 3 aliphatic carbocycles. The Morgan fingerprint density at radius 1 is 0.373 bits per heavy atom. The molecule has 14 nitrogen and oxygen atoms in total. The summed E-state index contributed by atoms with van der Waals surface area (Å²) in [6, 6.07) is 35.7. The third kappa shape index (κ3) is 5.95. The molecule has 0 amide bonds. The van der Waals surface area contributed by atoms with E-state index < -0.39 is 28.6 Å². The highest BCUT2D eigenvalue weighted by atomic mass is 79.9. The third-order valence-electron chi connectivity index (χ3n) is 12.2. The average Bonchev–Trinajstić information content (AvgIpc) is 3.34. The first-order valence-electron chi connectivity index (χ1n) is 20.8. The molecule has 3 aliphatic rings. The number of rotatable bonds is 6. The summed E-state index contributed by atoms with van der Waals surface area (Å²) in [5, 5.41) is 9.75. The maximum Gasteiger partial charge on any atom is 0.233 e. The zero-order chi connectivity index (χ0) is 45.8. The first-order chi connectivity index (χ1) is 32.5. The summed E-state index contributed by atoms with van der Waals surface area (Å²) in [5.74, 6) is -3.09. The van der Waals surface area contributed by atoms with Gasteiger partial charge in [0.2, 0.25) is 17.8 Å². The highest BCUT2D eigenvalue weighted by Gasteiger charge is 2.37. The maximum absolute atomic E-state index is 14.7. The predicted octanol–water partition coefficient (Wildman–Crippen LogP) is 9.19. The molecule has 318 valence electrons. The van der Waals surface area contributed by atoms with E-state index in [4.69, 9.17) is 0 Å². The van der Waals surface area contributed by atoms with Gasteiger partial charge >= 0.3 is 0 Å². The van der Waals surface area contributed by atoms with Crippen LogP contribution < -0.4 is 21.4 Å². The lowest BCUT2D eigenvalue weighted by molar-refractivity contribution is 0.0979. The van der Waals surface area contributed by atoms with Gasteiger partial charge in [-0.25, -0.2) is 0 Å². The number of ketones is 6. The standard InChI is InChI=1S/C52H26BrN7O7/c53-32-18-7-15-28-37(32)49(67)40-36(22-31-42(41(40)48(28)66)54-33-19-6-5-14-27(33)45(31)63)57-52-59-50(55-34-20-8-16-29-38(34)46(64)25-12-3-1-10-23(25)43(29)61)58-51(60-52)56-35-21-9-17-30-39(35)47(65)26-13-4-2-11-24(26)44(30)62/h1-22H,(H,54,63)(H3,55,56,57,58,59,60). The number of carbonyl (C=O) groups excluding carboxylic acids is 6. The van der Waals surface area contributed by atoms with Crippen molar-refractivity contribution < 1.29 is 28.8 Å². The molecule has 0 fully saturated rings. The molecule has 0 saturated heterocycles. The molecule has 0 atom stereocenters. The van der Waals surface area contributed by atoms with Gasteiger partial charge in [0.25, 0.3) is 0 Å². The number of aromatic nitrogens is 4. The topological polar surface area (TPSA) is 210 Å². The molecule has 15 heteroatoms. The highest BCUT2D eigenvalue weighted by Crippen LogP contribution is 2.41. The lowest BCUT2D eigenvalue weighted by Crippen LogP contribution is -2.25. The summed E-state index contributed by atoms with van der Waals surface area (Å²) in [5.41, 5.74) is 2.24. The van der Waals surface area contributed by atoms with Gasteiger partial charge in [-0.2, -0.15) is 15.0 Å². The lowest BCUT2D eigenvalue weighted by atomic mass is 9.81. The number of fused-ring (bicyclic) bond motifs is 9. The summed E-state index contributed by atoms with van der Waals surface area (Å²) < 4.78 is 0.383. The van der Waals surface area contributed by atoms with Crippen LogP contribution in [0.5, 0.6) is 0 Å². The largest absolute Gasteiger partial charge is 0.354 e. The number of aromatic amines is 1. The zero-order valence-electron chi connectivity index (χ0n) is 34.3. The van der Waals surface area contributed by atoms with Crippen LogP contribution in [-0.2, 0) is 0 Å². The fourth-order valence-electron chi connectivity index (χ4n) is 9.23. The minimum Gasteiger partial charge on any atom is -0.354 e. The van der Waals surface area contributed by atoms with Crippen molar-refractivity contribution in [3.63, 3.8) is 0 Å². The Kier molecular flexibility index (Phi) is 8.69. The Hall–Kier alpha value is -9.08. The van der Waals surface area contributed by atoms with Gasteiger partial charge < -0.3 is 20.9 Å². The van der Waals surface area contributed by atoms with E-state index in [0.29, 0.717) is 15.4 Å². The molecule has 0 saturated carbocycles. The minimum atomic E-state index is -0.528. The molecule has 0 radical (unpaired) electrons. The summed E-state index contributed by atoms with van der Waals surface area (Å²) in [6.07, 6.45) is 0. The number of pyridine rings is 1. The summed E-state index contributed by atoms with van der Waals surface area (Å²) >= 11 is 3.46. The van der Waals surface area contributed by atoms with Gasteiger partial charge in [-0.1, -0.05) is 113 Å². The number of halogens is 1. The van der Waals surface area contributed by atoms with Gasteiger partial charge in [-0.05, 0) is 36.4 Å². The Labute approximate surface area is 385 Å². The van der Waals surface area contributed by atoms with Gasteiger partial charge in [-0.3, -0.25) is 33.6 Å². The van der Waals surface area contributed by atoms with Gasteiger partial charge in [0.15, 0.2) is 40.1 Å². The molecule has 0 bridgehead atoms. The van der Waals surface area contributed by atoms with Crippen LogP contribution in [0.2, 0.25) is 0 Å². The van der Waals surface area contributed by atoms with Crippen molar-refractivity contribution in [2.45, 2.75) is 0 Å². The molecule has 9 aromatic rings.